The Balaban J connectivity index is 2.19. The number of hydrogen-bond donors (Lipinski definition) is 1. The lowest BCUT2D eigenvalue weighted by atomic mass is 10.1. The number of carbonyl (C=O) groups excluding carboxylic acids is 1. The van der Waals surface area contributed by atoms with Gasteiger partial charge in [0.05, 0.1) is 11.1 Å². The average Bonchev–Trinajstić information content (AvgIpc) is 2.26. The smallest absolute Gasteiger partial charge is 0.254 e. The number of halogens is 2. The first-order valence-electron chi connectivity index (χ1n) is 5.60. The number of nitrogens with zero attached hydrogens (tertiary/aromatic N) is 1. The predicted octanol–water partition coefficient (Wildman–Crippen LogP) is 2.54. The second-order valence-electron chi connectivity index (χ2n) is 4.03. The normalized spacial score (nSPS) is 15.5. The van der Waals surface area contributed by atoms with Crippen LogP contribution in [0.1, 0.15) is 17.3 Å². The van der Waals surface area contributed by atoms with Crippen LogP contribution in [-0.4, -0.2) is 36.5 Å². The Hall–Kier alpha value is -0.580. The third kappa shape index (κ3) is 2.64. The van der Waals surface area contributed by atoms with Gasteiger partial charge in [-0.2, -0.15) is 0 Å². The van der Waals surface area contributed by atoms with Crippen molar-refractivity contribution in [1.82, 2.24) is 10.2 Å². The first kappa shape index (κ1) is 12.9. The van der Waals surface area contributed by atoms with Crippen molar-refractivity contribution in [2.75, 3.05) is 19.6 Å². The molecule has 2 rings (SSSR count). The van der Waals surface area contributed by atoms with E-state index in [1.54, 1.807) is 18.2 Å². The Morgan fingerprint density at radius 1 is 1.59 bits per heavy atom. The summed E-state index contributed by atoms with van der Waals surface area (Å²) in [6, 6.07) is 5.61. The molecule has 0 unspecified atom stereocenters. The minimum absolute atomic E-state index is 0.0661. The number of nitrogens with one attached hydrogen (secondary N) is 1. The molecule has 0 bridgehead atoms. The van der Waals surface area contributed by atoms with Gasteiger partial charge in [-0.05, 0) is 41.1 Å². The first-order valence-corrected chi connectivity index (χ1v) is 6.77. The van der Waals surface area contributed by atoms with E-state index in [4.69, 9.17) is 11.6 Å². The van der Waals surface area contributed by atoms with Gasteiger partial charge in [0, 0.05) is 29.7 Å². The topological polar surface area (TPSA) is 32.3 Å². The van der Waals surface area contributed by atoms with E-state index in [2.05, 4.69) is 21.2 Å². The van der Waals surface area contributed by atoms with Gasteiger partial charge in [0.1, 0.15) is 0 Å². The van der Waals surface area contributed by atoms with Crippen LogP contribution in [0.3, 0.4) is 0 Å². The van der Waals surface area contributed by atoms with Crippen LogP contribution < -0.4 is 5.32 Å². The fourth-order valence-electron chi connectivity index (χ4n) is 1.86. The molecule has 5 heteroatoms. The second-order valence-corrected chi connectivity index (χ2v) is 5.29. The van der Waals surface area contributed by atoms with Gasteiger partial charge in [-0.25, -0.2) is 0 Å². The second kappa shape index (κ2) is 5.38. The van der Waals surface area contributed by atoms with Crippen LogP contribution in [0.15, 0.2) is 22.7 Å². The summed E-state index contributed by atoms with van der Waals surface area (Å²) in [7, 11) is 0. The van der Waals surface area contributed by atoms with Gasteiger partial charge in [-0.3, -0.25) is 4.79 Å². The predicted molar refractivity (Wildman–Crippen MR) is 72.5 cm³/mol. The van der Waals surface area contributed by atoms with Crippen molar-refractivity contribution in [3.63, 3.8) is 0 Å². The molecular weight excluding hydrogens is 304 g/mol. The van der Waals surface area contributed by atoms with Crippen LogP contribution in [0.4, 0.5) is 0 Å². The Morgan fingerprint density at radius 3 is 2.76 bits per heavy atom. The summed E-state index contributed by atoms with van der Waals surface area (Å²) in [6.45, 7) is 4.50. The molecule has 0 saturated carbocycles. The van der Waals surface area contributed by atoms with E-state index >= 15 is 0 Å². The highest BCUT2D eigenvalue weighted by molar-refractivity contribution is 9.10. The van der Waals surface area contributed by atoms with E-state index in [1.165, 1.54) is 0 Å². The fraction of sp³-hybridized carbons (Fsp3) is 0.417. The van der Waals surface area contributed by atoms with Gasteiger partial charge in [-0.15, -0.1) is 0 Å². The molecule has 0 aromatic heterocycles. The molecule has 1 aliphatic rings. The molecule has 0 spiro atoms. The zero-order valence-corrected chi connectivity index (χ0v) is 11.9. The van der Waals surface area contributed by atoms with E-state index in [0.717, 1.165) is 24.1 Å². The summed E-state index contributed by atoms with van der Waals surface area (Å²) >= 11 is 9.26. The number of carbonyl (C=O) groups is 1. The molecule has 1 aromatic carbocycles. The van der Waals surface area contributed by atoms with Gasteiger partial charge in [0.15, 0.2) is 0 Å². The molecule has 92 valence electrons. The van der Waals surface area contributed by atoms with Crippen LogP contribution in [0.5, 0.6) is 0 Å². The maximum atomic E-state index is 12.3. The lowest BCUT2D eigenvalue weighted by Gasteiger charge is -2.37. The van der Waals surface area contributed by atoms with Crippen LogP contribution in [0.25, 0.3) is 0 Å². The number of rotatable bonds is 3. The summed E-state index contributed by atoms with van der Waals surface area (Å²) in [5, 5.41) is 3.80. The molecule has 1 fully saturated rings. The minimum atomic E-state index is 0.0661. The lowest BCUT2D eigenvalue weighted by molar-refractivity contribution is 0.0630. The Labute approximate surface area is 114 Å². The van der Waals surface area contributed by atoms with Gasteiger partial charge >= 0.3 is 0 Å². The van der Waals surface area contributed by atoms with Crippen LogP contribution in [-0.2, 0) is 0 Å². The zero-order chi connectivity index (χ0) is 12.4. The summed E-state index contributed by atoms with van der Waals surface area (Å²) in [5.74, 6) is 0.0661. The van der Waals surface area contributed by atoms with Crippen LogP contribution in [0.2, 0.25) is 5.02 Å². The molecule has 1 amide bonds. The van der Waals surface area contributed by atoms with E-state index < -0.39 is 0 Å². The average molecular weight is 318 g/mol. The highest BCUT2D eigenvalue weighted by Crippen LogP contribution is 2.24. The number of likely N-dealkylation sites (N-methyl/N-ethyl adjacent to an activating group) is 1. The number of amides is 1. The summed E-state index contributed by atoms with van der Waals surface area (Å²) in [5.41, 5.74) is 0.676. The maximum Gasteiger partial charge on any atom is 0.254 e. The van der Waals surface area contributed by atoms with Gasteiger partial charge in [0.25, 0.3) is 5.91 Å². The molecule has 0 atom stereocenters. The number of benzene rings is 1. The molecule has 0 aliphatic carbocycles. The van der Waals surface area contributed by atoms with E-state index in [0.29, 0.717) is 16.6 Å². The molecule has 1 aliphatic heterocycles. The van der Waals surface area contributed by atoms with Crippen molar-refractivity contribution >= 4 is 33.4 Å². The van der Waals surface area contributed by atoms with Crippen LogP contribution in [0, 0.1) is 0 Å². The van der Waals surface area contributed by atoms with Crippen molar-refractivity contribution in [3.8, 4) is 0 Å². The molecule has 1 aromatic rings. The van der Waals surface area contributed by atoms with Crippen molar-refractivity contribution in [1.29, 1.82) is 0 Å². The largest absolute Gasteiger partial charge is 0.333 e. The fourth-order valence-corrected chi connectivity index (χ4v) is 2.35. The van der Waals surface area contributed by atoms with Crippen molar-refractivity contribution < 1.29 is 4.79 Å². The highest BCUT2D eigenvalue weighted by atomic mass is 79.9. The minimum Gasteiger partial charge on any atom is -0.333 e. The van der Waals surface area contributed by atoms with Gasteiger partial charge < -0.3 is 10.2 Å². The molecule has 0 radical (unpaired) electrons. The monoisotopic (exact) mass is 316 g/mol. The first-order chi connectivity index (χ1) is 8.13. The SMILES string of the molecule is CCN(C(=O)c1ccc(Cl)c(Br)c1)C1CNC1. The molecule has 3 nitrogen and oxygen atoms in total. The molecule has 1 saturated heterocycles. The molecule has 1 N–H and O–H groups in total. The Kier molecular flexibility index (Phi) is 4.07. The summed E-state index contributed by atoms with van der Waals surface area (Å²) in [6.07, 6.45) is 0. The standard InChI is InChI=1S/C12H14BrClN2O/c1-2-16(9-6-15-7-9)12(17)8-3-4-11(14)10(13)5-8/h3-5,9,15H,2,6-7H2,1H3. The van der Waals surface area contributed by atoms with Crippen molar-refractivity contribution in [3.05, 3.63) is 33.3 Å². The van der Waals surface area contributed by atoms with Crippen molar-refractivity contribution in [2.24, 2.45) is 0 Å². The zero-order valence-electron chi connectivity index (χ0n) is 9.54. The highest BCUT2D eigenvalue weighted by Gasteiger charge is 2.27. The van der Waals surface area contributed by atoms with Crippen molar-refractivity contribution in [2.45, 2.75) is 13.0 Å². The molecular formula is C12H14BrClN2O. The van der Waals surface area contributed by atoms with E-state index in [-0.39, 0.29) is 5.91 Å². The quantitative estimate of drug-likeness (QED) is 0.929. The summed E-state index contributed by atoms with van der Waals surface area (Å²) in [4.78, 5) is 14.2. The maximum absolute atomic E-state index is 12.3. The van der Waals surface area contributed by atoms with Gasteiger partial charge in [0.2, 0.25) is 0 Å². The Morgan fingerprint density at radius 2 is 2.29 bits per heavy atom. The third-order valence-corrected chi connectivity index (χ3v) is 4.18. The molecule has 17 heavy (non-hydrogen) atoms. The Bertz CT molecular complexity index is 435. The third-order valence-electron chi connectivity index (χ3n) is 2.97. The molecule has 1 heterocycles. The van der Waals surface area contributed by atoms with Gasteiger partial charge in [-0.1, -0.05) is 11.6 Å². The van der Waals surface area contributed by atoms with E-state index in [1.807, 2.05) is 11.8 Å². The van der Waals surface area contributed by atoms with E-state index in [9.17, 15) is 4.79 Å². The van der Waals surface area contributed by atoms with Crippen LogP contribution >= 0.6 is 27.5 Å². The summed E-state index contributed by atoms with van der Waals surface area (Å²) < 4.78 is 0.757. The lowest BCUT2D eigenvalue weighted by Crippen LogP contribution is -2.58. The number of hydrogen-bond acceptors (Lipinski definition) is 2.